The molecule has 0 aromatic rings. The van der Waals surface area contributed by atoms with Gasteiger partial charge in [0.05, 0.1) is 0 Å². The van der Waals surface area contributed by atoms with Crippen molar-refractivity contribution in [3.8, 4) is 0 Å². The highest BCUT2D eigenvalue weighted by Gasteiger charge is 2.11. The molecule has 1 atom stereocenters. The highest BCUT2D eigenvalue weighted by Crippen LogP contribution is 1.91. The molecule has 0 radical (unpaired) electrons. The summed E-state index contributed by atoms with van der Waals surface area (Å²) in [5.74, 6) is -1.15. The van der Waals surface area contributed by atoms with Gasteiger partial charge in [-0.25, -0.2) is 4.79 Å². The highest BCUT2D eigenvalue weighted by atomic mass is 16.4. The molecule has 0 aromatic carbocycles. The third-order valence-corrected chi connectivity index (χ3v) is 1.13. The Morgan fingerprint density at radius 1 is 1.60 bits per heavy atom. The minimum atomic E-state index is -1.22. The van der Waals surface area contributed by atoms with Gasteiger partial charge in [-0.1, -0.05) is 0 Å². The topological polar surface area (TPSA) is 60.8 Å². The molecule has 0 saturated carbocycles. The van der Waals surface area contributed by atoms with Crippen molar-refractivity contribution in [2.75, 3.05) is 20.6 Å². The van der Waals surface area contributed by atoms with Gasteiger partial charge in [-0.15, -0.1) is 0 Å². The number of carbonyl (C=O) groups is 1. The van der Waals surface area contributed by atoms with Gasteiger partial charge in [0.2, 0.25) is 0 Å². The van der Waals surface area contributed by atoms with E-state index in [-0.39, 0.29) is 6.42 Å². The van der Waals surface area contributed by atoms with Gasteiger partial charge in [0.25, 0.3) is 0 Å². The Labute approximate surface area is 60.1 Å². The zero-order valence-electron chi connectivity index (χ0n) is 6.24. The molecule has 0 aromatic heterocycles. The van der Waals surface area contributed by atoms with Crippen molar-refractivity contribution < 1.29 is 15.0 Å². The first kappa shape index (κ1) is 9.39. The van der Waals surface area contributed by atoms with Gasteiger partial charge in [-0.3, -0.25) is 0 Å². The van der Waals surface area contributed by atoms with Crippen LogP contribution in [0.2, 0.25) is 0 Å². The van der Waals surface area contributed by atoms with Gasteiger partial charge >= 0.3 is 5.97 Å². The van der Waals surface area contributed by atoms with Crippen LogP contribution in [0, 0.1) is 0 Å². The first-order valence-electron chi connectivity index (χ1n) is 3.09. The quantitative estimate of drug-likeness (QED) is 0.556. The summed E-state index contributed by atoms with van der Waals surface area (Å²) in [6.45, 7) is 0.591. The van der Waals surface area contributed by atoms with E-state index in [1.165, 1.54) is 0 Å². The Morgan fingerprint density at radius 2 is 2.10 bits per heavy atom. The highest BCUT2D eigenvalue weighted by molar-refractivity contribution is 5.71. The van der Waals surface area contributed by atoms with Gasteiger partial charge < -0.3 is 15.1 Å². The zero-order valence-corrected chi connectivity index (χ0v) is 6.24. The van der Waals surface area contributed by atoms with E-state index >= 15 is 0 Å². The van der Waals surface area contributed by atoms with Crippen LogP contribution in [0.25, 0.3) is 0 Å². The summed E-state index contributed by atoms with van der Waals surface area (Å²) in [6, 6.07) is 0. The minimum absolute atomic E-state index is 0.280. The number of hydrogen-bond donors (Lipinski definition) is 2. The standard InChI is InChI=1S/C6H13NO3/c1-7(2)4-3-5(8)6(9)10/h5,8H,3-4H2,1-2H3,(H,9,10). The third kappa shape index (κ3) is 4.29. The van der Waals surface area contributed by atoms with E-state index in [1.54, 1.807) is 0 Å². The molecule has 0 heterocycles. The Bertz CT molecular complexity index is 114. The fourth-order valence-electron chi connectivity index (χ4n) is 0.504. The van der Waals surface area contributed by atoms with Crippen molar-refractivity contribution in [2.45, 2.75) is 12.5 Å². The molecule has 60 valence electrons. The summed E-state index contributed by atoms with van der Waals surface area (Å²) in [4.78, 5) is 11.9. The van der Waals surface area contributed by atoms with E-state index in [9.17, 15) is 4.79 Å². The van der Waals surface area contributed by atoms with Gasteiger partial charge in [0.15, 0.2) is 6.10 Å². The molecule has 1 unspecified atom stereocenters. The molecule has 0 aliphatic rings. The second kappa shape index (κ2) is 4.24. The molecule has 0 fully saturated rings. The van der Waals surface area contributed by atoms with Crippen molar-refractivity contribution in [3.05, 3.63) is 0 Å². The number of aliphatic carboxylic acids is 1. The van der Waals surface area contributed by atoms with Crippen molar-refractivity contribution >= 4 is 5.97 Å². The summed E-state index contributed by atoms with van der Waals surface area (Å²) >= 11 is 0. The maximum Gasteiger partial charge on any atom is 0.332 e. The van der Waals surface area contributed by atoms with Crippen LogP contribution in [0.15, 0.2) is 0 Å². The second-order valence-corrected chi connectivity index (χ2v) is 2.45. The molecule has 10 heavy (non-hydrogen) atoms. The Morgan fingerprint density at radius 3 is 2.40 bits per heavy atom. The molecule has 0 aliphatic carbocycles. The molecule has 0 rings (SSSR count). The number of hydrogen-bond acceptors (Lipinski definition) is 3. The lowest BCUT2D eigenvalue weighted by Crippen LogP contribution is -2.25. The number of carboxylic acid groups (broad SMARTS) is 1. The lowest BCUT2D eigenvalue weighted by molar-refractivity contribution is -0.147. The van der Waals surface area contributed by atoms with Gasteiger partial charge in [0, 0.05) is 6.54 Å². The number of rotatable bonds is 4. The van der Waals surface area contributed by atoms with E-state index in [1.807, 2.05) is 19.0 Å². The fraction of sp³-hybridized carbons (Fsp3) is 0.833. The first-order valence-corrected chi connectivity index (χ1v) is 3.09. The van der Waals surface area contributed by atoms with E-state index in [0.717, 1.165) is 0 Å². The SMILES string of the molecule is CN(C)CCC(O)C(=O)O. The predicted octanol–water partition coefficient (Wildman–Crippen LogP) is -0.616. The summed E-state index contributed by atoms with van der Waals surface area (Å²) in [7, 11) is 3.66. The predicted molar refractivity (Wildman–Crippen MR) is 36.8 cm³/mol. The zero-order chi connectivity index (χ0) is 8.15. The first-order chi connectivity index (χ1) is 4.54. The van der Waals surface area contributed by atoms with E-state index in [2.05, 4.69) is 0 Å². The maximum atomic E-state index is 10.0. The van der Waals surface area contributed by atoms with Crippen LogP contribution >= 0.6 is 0 Å². The molecule has 0 spiro atoms. The molecular weight excluding hydrogens is 134 g/mol. The molecular formula is C6H13NO3. The maximum absolute atomic E-state index is 10.0. The van der Waals surface area contributed by atoms with Crippen LogP contribution in [0.4, 0.5) is 0 Å². The van der Waals surface area contributed by atoms with Crippen LogP contribution < -0.4 is 0 Å². The molecule has 4 nitrogen and oxygen atoms in total. The number of aliphatic hydroxyl groups is 1. The van der Waals surface area contributed by atoms with Crippen molar-refractivity contribution in [3.63, 3.8) is 0 Å². The smallest absolute Gasteiger partial charge is 0.332 e. The second-order valence-electron chi connectivity index (χ2n) is 2.45. The molecule has 0 bridgehead atoms. The Kier molecular flexibility index (Phi) is 3.99. The largest absolute Gasteiger partial charge is 0.479 e. The average Bonchev–Trinajstić information content (AvgIpc) is 1.82. The minimum Gasteiger partial charge on any atom is -0.479 e. The van der Waals surface area contributed by atoms with Crippen LogP contribution in [0.5, 0.6) is 0 Å². The van der Waals surface area contributed by atoms with Crippen LogP contribution in [0.1, 0.15) is 6.42 Å². The Hall–Kier alpha value is -0.610. The average molecular weight is 147 g/mol. The summed E-state index contributed by atoms with van der Waals surface area (Å²) in [5.41, 5.74) is 0. The normalized spacial score (nSPS) is 13.6. The van der Waals surface area contributed by atoms with Crippen LogP contribution in [-0.4, -0.2) is 47.8 Å². The summed E-state index contributed by atoms with van der Waals surface area (Å²) in [5, 5.41) is 17.0. The summed E-state index contributed by atoms with van der Waals surface area (Å²) < 4.78 is 0. The van der Waals surface area contributed by atoms with Crippen LogP contribution in [0.3, 0.4) is 0 Å². The van der Waals surface area contributed by atoms with Crippen molar-refractivity contribution in [2.24, 2.45) is 0 Å². The number of aliphatic hydroxyl groups excluding tert-OH is 1. The molecule has 0 amide bonds. The number of carboxylic acids is 1. The van der Waals surface area contributed by atoms with Crippen LogP contribution in [-0.2, 0) is 4.79 Å². The van der Waals surface area contributed by atoms with Crippen molar-refractivity contribution in [1.82, 2.24) is 4.90 Å². The van der Waals surface area contributed by atoms with Crippen molar-refractivity contribution in [1.29, 1.82) is 0 Å². The molecule has 0 saturated heterocycles. The molecule has 4 heteroatoms. The Balaban J connectivity index is 3.40. The monoisotopic (exact) mass is 147 g/mol. The lowest BCUT2D eigenvalue weighted by atomic mass is 10.2. The van der Waals surface area contributed by atoms with E-state index in [0.29, 0.717) is 6.54 Å². The number of nitrogens with zero attached hydrogens (tertiary/aromatic N) is 1. The van der Waals surface area contributed by atoms with Gasteiger partial charge in [0.1, 0.15) is 0 Å². The van der Waals surface area contributed by atoms with E-state index < -0.39 is 12.1 Å². The van der Waals surface area contributed by atoms with E-state index in [4.69, 9.17) is 10.2 Å². The summed E-state index contributed by atoms with van der Waals surface area (Å²) in [6.07, 6.45) is -0.940. The lowest BCUT2D eigenvalue weighted by Gasteiger charge is -2.10. The molecule has 2 N–H and O–H groups in total. The molecule has 0 aliphatic heterocycles. The third-order valence-electron chi connectivity index (χ3n) is 1.13. The fourth-order valence-corrected chi connectivity index (χ4v) is 0.504. The van der Waals surface area contributed by atoms with Gasteiger partial charge in [-0.05, 0) is 20.5 Å². The van der Waals surface area contributed by atoms with Gasteiger partial charge in [-0.2, -0.15) is 0 Å².